The van der Waals surface area contributed by atoms with Crippen LogP contribution in [0.25, 0.3) is 0 Å². The summed E-state index contributed by atoms with van der Waals surface area (Å²) in [5, 5.41) is 20.1. The van der Waals surface area contributed by atoms with Gasteiger partial charge in [-0.1, -0.05) is 39.8 Å². The third-order valence-electron chi connectivity index (χ3n) is 6.52. The van der Waals surface area contributed by atoms with Gasteiger partial charge in [0.05, 0.1) is 19.1 Å². The first kappa shape index (κ1) is 28.4. The summed E-state index contributed by atoms with van der Waals surface area (Å²) >= 11 is 0. The largest absolute Gasteiger partial charge is 0.496 e. The minimum absolute atomic E-state index is 0.0446. The van der Waals surface area contributed by atoms with Crippen LogP contribution in [0.3, 0.4) is 0 Å². The third kappa shape index (κ3) is 9.47. The van der Waals surface area contributed by atoms with E-state index in [1.165, 1.54) is 11.1 Å². The van der Waals surface area contributed by atoms with Crippen LogP contribution in [0.1, 0.15) is 64.5 Å². The minimum Gasteiger partial charge on any atom is -0.496 e. The van der Waals surface area contributed by atoms with Crippen molar-refractivity contribution in [3.8, 4) is 5.75 Å². The molecule has 0 radical (unpaired) electrons. The lowest BCUT2D eigenvalue weighted by Gasteiger charge is -2.29. The van der Waals surface area contributed by atoms with Crippen LogP contribution >= 0.6 is 0 Å². The predicted molar refractivity (Wildman–Crippen MR) is 129 cm³/mol. The molecule has 0 amide bonds. The fourth-order valence-electron chi connectivity index (χ4n) is 4.21. The minimum atomic E-state index is -0.872. The van der Waals surface area contributed by atoms with Crippen LogP contribution in [0, 0.1) is 23.7 Å². The van der Waals surface area contributed by atoms with E-state index < -0.39 is 24.0 Å². The lowest BCUT2D eigenvalue weighted by Crippen LogP contribution is -2.40. The van der Waals surface area contributed by atoms with Crippen LogP contribution in [0.5, 0.6) is 5.75 Å². The molecule has 0 spiro atoms. The third-order valence-corrected chi connectivity index (χ3v) is 6.52. The van der Waals surface area contributed by atoms with E-state index in [2.05, 4.69) is 26.0 Å². The van der Waals surface area contributed by atoms with E-state index in [1.807, 2.05) is 19.9 Å². The van der Waals surface area contributed by atoms with Crippen LogP contribution < -0.4 is 10.5 Å². The second-order valence-corrected chi connectivity index (χ2v) is 9.70. The molecule has 0 aliphatic rings. The first-order valence-corrected chi connectivity index (χ1v) is 11.9. The summed E-state index contributed by atoms with van der Waals surface area (Å²) in [7, 11) is 3.42. The first-order valence-electron chi connectivity index (χ1n) is 11.9. The van der Waals surface area contributed by atoms with Crippen molar-refractivity contribution in [1.29, 1.82) is 0 Å². The van der Waals surface area contributed by atoms with Crippen molar-refractivity contribution >= 4 is 5.97 Å². The molecular formula is C26H45NO5. The quantitative estimate of drug-likeness (QED) is 0.324. The molecule has 0 aromatic heterocycles. The molecule has 0 fully saturated rings. The van der Waals surface area contributed by atoms with E-state index in [4.69, 9.17) is 15.2 Å². The molecule has 0 aliphatic heterocycles. The van der Waals surface area contributed by atoms with Crippen molar-refractivity contribution in [3.63, 3.8) is 0 Å². The fourth-order valence-corrected chi connectivity index (χ4v) is 4.21. The summed E-state index contributed by atoms with van der Waals surface area (Å²) in [6.45, 7) is 8.84. The molecule has 4 N–H and O–H groups in total. The number of rotatable bonds is 16. The average Bonchev–Trinajstić information content (AvgIpc) is 2.73. The van der Waals surface area contributed by atoms with Crippen molar-refractivity contribution in [2.75, 3.05) is 20.8 Å². The summed E-state index contributed by atoms with van der Waals surface area (Å²) in [4.78, 5) is 11.5. The van der Waals surface area contributed by atoms with E-state index in [-0.39, 0.29) is 18.3 Å². The van der Waals surface area contributed by atoms with Crippen molar-refractivity contribution in [3.05, 3.63) is 29.3 Å². The van der Waals surface area contributed by atoms with Gasteiger partial charge in [0.25, 0.3) is 0 Å². The fraction of sp³-hybridized carbons (Fsp3) is 0.731. The molecule has 0 bridgehead atoms. The topological polar surface area (TPSA) is 102 Å². The van der Waals surface area contributed by atoms with Gasteiger partial charge >= 0.3 is 5.97 Å². The summed E-state index contributed by atoms with van der Waals surface area (Å²) in [5.41, 5.74) is 8.79. The zero-order valence-corrected chi connectivity index (χ0v) is 20.8. The Hall–Kier alpha value is -1.63. The van der Waals surface area contributed by atoms with Crippen molar-refractivity contribution in [2.24, 2.45) is 29.4 Å². The van der Waals surface area contributed by atoms with Crippen LogP contribution in [0.2, 0.25) is 0 Å². The molecule has 4 atom stereocenters. The Morgan fingerprint density at radius 3 is 2.28 bits per heavy atom. The molecule has 0 saturated carbocycles. The number of benzene rings is 1. The van der Waals surface area contributed by atoms with Crippen molar-refractivity contribution in [2.45, 2.75) is 78.4 Å². The number of carboxylic acids is 1. The van der Waals surface area contributed by atoms with Crippen molar-refractivity contribution in [1.82, 2.24) is 0 Å². The maximum absolute atomic E-state index is 11.5. The van der Waals surface area contributed by atoms with Crippen LogP contribution in [0.4, 0.5) is 0 Å². The number of hydrogen-bond acceptors (Lipinski definition) is 5. The van der Waals surface area contributed by atoms with Crippen molar-refractivity contribution < 1.29 is 24.5 Å². The SMILES string of the molecule is COCCCCc1cc(C[C@@H](C[C@H](N)[C@@H](O)C[C@H](C(=O)O)C(C)C)C(C)C)ccc1OC. The van der Waals surface area contributed by atoms with E-state index in [0.717, 1.165) is 38.0 Å². The predicted octanol–water partition coefficient (Wildman–Crippen LogP) is 4.30. The number of methoxy groups -OCH3 is 2. The number of aliphatic hydroxyl groups is 1. The summed E-state index contributed by atoms with van der Waals surface area (Å²) < 4.78 is 10.7. The van der Waals surface area contributed by atoms with Gasteiger partial charge in [0.1, 0.15) is 5.75 Å². The van der Waals surface area contributed by atoms with Gasteiger partial charge in [0.2, 0.25) is 0 Å². The maximum atomic E-state index is 11.5. The van der Waals surface area contributed by atoms with Crippen LogP contribution in [0.15, 0.2) is 18.2 Å². The number of unbranched alkanes of at least 4 members (excludes halogenated alkanes) is 1. The number of nitrogens with two attached hydrogens (primary N) is 1. The standard InChI is InChI=1S/C26H45NO5/c1-17(2)21(15-23(27)24(28)16-22(18(3)4)26(29)30)14-19-10-11-25(32-6)20(13-19)9-7-8-12-31-5/h10-11,13,17-18,21-24,28H,7-9,12,14-16,27H2,1-6H3,(H,29,30)/t21-,22-,23-,24-/m0/s1. The number of ether oxygens (including phenoxy) is 2. The molecule has 6 nitrogen and oxygen atoms in total. The van der Waals surface area contributed by atoms with E-state index in [9.17, 15) is 15.0 Å². The van der Waals surface area contributed by atoms with Crippen LogP contribution in [-0.4, -0.2) is 49.2 Å². The highest BCUT2D eigenvalue weighted by atomic mass is 16.5. The first-order chi connectivity index (χ1) is 15.1. The Bertz CT molecular complexity index is 676. The Balaban J connectivity index is 2.84. The zero-order valence-electron chi connectivity index (χ0n) is 20.8. The number of carboxylic acid groups (broad SMARTS) is 1. The van der Waals surface area contributed by atoms with Gasteiger partial charge in [0, 0.05) is 19.8 Å². The monoisotopic (exact) mass is 451 g/mol. The number of carbonyl (C=O) groups is 1. The smallest absolute Gasteiger partial charge is 0.306 e. The zero-order chi connectivity index (χ0) is 24.3. The number of aliphatic hydroxyl groups excluding tert-OH is 1. The van der Waals surface area contributed by atoms with E-state index in [0.29, 0.717) is 12.3 Å². The molecule has 1 aromatic carbocycles. The summed E-state index contributed by atoms with van der Waals surface area (Å²) in [5.74, 6) is 0.0842. The number of aryl methyl sites for hydroxylation is 1. The molecule has 0 saturated heterocycles. The van der Waals surface area contributed by atoms with Gasteiger partial charge in [-0.05, 0) is 73.5 Å². The highest BCUT2D eigenvalue weighted by Gasteiger charge is 2.29. The van der Waals surface area contributed by atoms with Gasteiger partial charge in [0.15, 0.2) is 0 Å². The maximum Gasteiger partial charge on any atom is 0.306 e. The Morgan fingerprint density at radius 2 is 1.75 bits per heavy atom. The molecule has 184 valence electrons. The molecule has 0 heterocycles. The van der Waals surface area contributed by atoms with Gasteiger partial charge < -0.3 is 25.4 Å². The average molecular weight is 452 g/mol. The highest BCUT2D eigenvalue weighted by molar-refractivity contribution is 5.70. The lowest BCUT2D eigenvalue weighted by atomic mass is 9.81. The van der Waals surface area contributed by atoms with E-state index >= 15 is 0 Å². The summed E-state index contributed by atoms with van der Waals surface area (Å²) in [6, 6.07) is 5.92. The van der Waals surface area contributed by atoms with Gasteiger partial charge in [-0.15, -0.1) is 0 Å². The van der Waals surface area contributed by atoms with Gasteiger partial charge in [-0.25, -0.2) is 0 Å². The summed E-state index contributed by atoms with van der Waals surface area (Å²) in [6.07, 6.45) is 3.87. The molecule has 0 aliphatic carbocycles. The second kappa shape index (κ2) is 14.5. The molecule has 6 heteroatoms. The normalized spacial score (nSPS) is 15.6. The van der Waals surface area contributed by atoms with Gasteiger partial charge in [-0.2, -0.15) is 0 Å². The Labute approximate surface area is 194 Å². The molecular weight excluding hydrogens is 406 g/mol. The highest BCUT2D eigenvalue weighted by Crippen LogP contribution is 2.28. The molecule has 32 heavy (non-hydrogen) atoms. The van der Waals surface area contributed by atoms with Gasteiger partial charge in [-0.3, -0.25) is 4.79 Å². The second-order valence-electron chi connectivity index (χ2n) is 9.70. The Kier molecular flexibility index (Phi) is 12.9. The molecule has 1 rings (SSSR count). The molecule has 0 unspecified atom stereocenters. The van der Waals surface area contributed by atoms with E-state index in [1.54, 1.807) is 14.2 Å². The number of hydrogen-bond donors (Lipinski definition) is 3. The number of aliphatic carboxylic acids is 1. The molecule has 1 aromatic rings. The Morgan fingerprint density at radius 1 is 1.06 bits per heavy atom. The van der Waals surface area contributed by atoms with Crippen LogP contribution in [-0.2, 0) is 22.4 Å². The lowest BCUT2D eigenvalue weighted by molar-refractivity contribution is -0.144.